The van der Waals surface area contributed by atoms with E-state index >= 15 is 0 Å². The third-order valence-corrected chi connectivity index (χ3v) is 3.08. The van der Waals surface area contributed by atoms with E-state index in [9.17, 15) is 13.9 Å². The maximum atomic E-state index is 13.4. The average molecular weight is 242 g/mol. The van der Waals surface area contributed by atoms with E-state index in [4.69, 9.17) is 4.74 Å². The van der Waals surface area contributed by atoms with Crippen LogP contribution in [-0.2, 0) is 4.74 Å². The monoisotopic (exact) mass is 242 g/mol. The van der Waals surface area contributed by atoms with E-state index in [1.165, 1.54) is 0 Å². The van der Waals surface area contributed by atoms with Crippen LogP contribution >= 0.6 is 0 Å². The number of aliphatic hydroxyl groups is 1. The molecule has 0 radical (unpaired) electrons. The number of aliphatic hydroxyl groups excluding tert-OH is 1. The van der Waals surface area contributed by atoms with Gasteiger partial charge in [-0.2, -0.15) is 0 Å². The Morgan fingerprint density at radius 3 is 2.88 bits per heavy atom. The quantitative estimate of drug-likeness (QED) is 0.883. The van der Waals surface area contributed by atoms with Crippen molar-refractivity contribution in [2.75, 3.05) is 6.61 Å². The van der Waals surface area contributed by atoms with Crippen molar-refractivity contribution >= 4 is 0 Å². The molecule has 1 heterocycles. The summed E-state index contributed by atoms with van der Waals surface area (Å²) in [6.07, 6.45) is 2.22. The molecule has 0 aliphatic carbocycles. The smallest absolute Gasteiger partial charge is 0.129 e. The summed E-state index contributed by atoms with van der Waals surface area (Å²) in [7, 11) is 0. The molecular formula is C13H16F2O2. The second-order valence-corrected chi connectivity index (χ2v) is 4.41. The molecule has 2 unspecified atom stereocenters. The Hall–Kier alpha value is -1.00. The number of halogens is 2. The number of rotatable bonds is 3. The second-order valence-electron chi connectivity index (χ2n) is 4.41. The van der Waals surface area contributed by atoms with Crippen LogP contribution in [0.2, 0.25) is 0 Å². The third-order valence-electron chi connectivity index (χ3n) is 3.08. The molecule has 1 aliphatic rings. The topological polar surface area (TPSA) is 29.5 Å². The van der Waals surface area contributed by atoms with Gasteiger partial charge in [0, 0.05) is 18.6 Å². The van der Waals surface area contributed by atoms with Gasteiger partial charge in [0.2, 0.25) is 0 Å². The van der Waals surface area contributed by atoms with E-state index in [2.05, 4.69) is 0 Å². The molecule has 94 valence electrons. The predicted molar refractivity (Wildman–Crippen MR) is 59.5 cm³/mol. The van der Waals surface area contributed by atoms with Crippen molar-refractivity contribution < 1.29 is 18.6 Å². The molecule has 1 aliphatic heterocycles. The molecule has 0 aromatic heterocycles. The van der Waals surface area contributed by atoms with Gasteiger partial charge in [-0.25, -0.2) is 8.78 Å². The second kappa shape index (κ2) is 5.56. The summed E-state index contributed by atoms with van der Waals surface area (Å²) >= 11 is 0. The highest BCUT2D eigenvalue weighted by Gasteiger charge is 2.21. The van der Waals surface area contributed by atoms with Crippen molar-refractivity contribution in [1.82, 2.24) is 0 Å². The van der Waals surface area contributed by atoms with Gasteiger partial charge in [-0.15, -0.1) is 0 Å². The zero-order valence-electron chi connectivity index (χ0n) is 9.53. The Bertz CT molecular complexity index is 376. The van der Waals surface area contributed by atoms with Gasteiger partial charge >= 0.3 is 0 Å². The Morgan fingerprint density at radius 1 is 1.35 bits per heavy atom. The lowest BCUT2D eigenvalue weighted by Gasteiger charge is -2.25. The molecule has 0 saturated carbocycles. The molecule has 0 bridgehead atoms. The molecule has 1 saturated heterocycles. The van der Waals surface area contributed by atoms with Crippen molar-refractivity contribution in [3.63, 3.8) is 0 Å². The van der Waals surface area contributed by atoms with Gasteiger partial charge in [-0.1, -0.05) is 0 Å². The van der Waals surface area contributed by atoms with E-state index in [0.717, 1.165) is 37.5 Å². The SMILES string of the molecule is OC(CC1CCCCO1)c1cc(F)ccc1F. The molecular weight excluding hydrogens is 226 g/mol. The van der Waals surface area contributed by atoms with Crippen molar-refractivity contribution in [1.29, 1.82) is 0 Å². The third kappa shape index (κ3) is 3.23. The molecule has 17 heavy (non-hydrogen) atoms. The predicted octanol–water partition coefficient (Wildman–Crippen LogP) is 2.96. The number of hydrogen-bond acceptors (Lipinski definition) is 2. The van der Waals surface area contributed by atoms with E-state index in [-0.39, 0.29) is 11.7 Å². The number of ether oxygens (including phenoxy) is 1. The van der Waals surface area contributed by atoms with E-state index < -0.39 is 17.7 Å². The minimum atomic E-state index is -1.01. The van der Waals surface area contributed by atoms with Gasteiger partial charge in [0.1, 0.15) is 11.6 Å². The largest absolute Gasteiger partial charge is 0.388 e. The Morgan fingerprint density at radius 2 is 2.18 bits per heavy atom. The lowest BCUT2D eigenvalue weighted by atomic mass is 9.98. The molecule has 1 aromatic rings. The van der Waals surface area contributed by atoms with Crippen LogP contribution in [0, 0.1) is 11.6 Å². The summed E-state index contributed by atoms with van der Waals surface area (Å²) in [6.45, 7) is 0.684. The molecule has 4 heteroatoms. The molecule has 0 amide bonds. The fraction of sp³-hybridized carbons (Fsp3) is 0.538. The van der Waals surface area contributed by atoms with Crippen LogP contribution in [0.4, 0.5) is 8.78 Å². The van der Waals surface area contributed by atoms with Gasteiger partial charge < -0.3 is 9.84 Å². The lowest BCUT2D eigenvalue weighted by Crippen LogP contribution is -2.22. The van der Waals surface area contributed by atoms with E-state index in [0.29, 0.717) is 13.0 Å². The molecule has 1 aromatic carbocycles. The van der Waals surface area contributed by atoms with Crippen LogP contribution in [0.15, 0.2) is 18.2 Å². The minimum absolute atomic E-state index is 0.0131. The van der Waals surface area contributed by atoms with Crippen LogP contribution in [0.1, 0.15) is 37.4 Å². The van der Waals surface area contributed by atoms with Crippen molar-refractivity contribution in [3.05, 3.63) is 35.4 Å². The Kier molecular flexibility index (Phi) is 4.07. The maximum absolute atomic E-state index is 13.4. The molecule has 1 fully saturated rings. The highest BCUT2D eigenvalue weighted by Crippen LogP contribution is 2.26. The molecule has 2 atom stereocenters. The van der Waals surface area contributed by atoms with Gasteiger partial charge in [-0.05, 0) is 37.5 Å². The summed E-state index contributed by atoms with van der Waals surface area (Å²) < 4.78 is 31.8. The van der Waals surface area contributed by atoms with Crippen LogP contribution in [0.5, 0.6) is 0 Å². The lowest BCUT2D eigenvalue weighted by molar-refractivity contribution is -0.0161. The van der Waals surface area contributed by atoms with Crippen LogP contribution in [0.3, 0.4) is 0 Å². The van der Waals surface area contributed by atoms with Crippen LogP contribution in [0.25, 0.3) is 0 Å². The fourth-order valence-electron chi connectivity index (χ4n) is 2.14. The standard InChI is InChI=1S/C13H16F2O2/c14-9-4-5-12(15)11(7-9)13(16)8-10-3-1-2-6-17-10/h4-5,7,10,13,16H,1-3,6,8H2. The van der Waals surface area contributed by atoms with Gasteiger partial charge in [0.25, 0.3) is 0 Å². The van der Waals surface area contributed by atoms with Crippen molar-refractivity contribution in [2.45, 2.75) is 37.9 Å². The molecule has 2 rings (SSSR count). The highest BCUT2D eigenvalue weighted by atomic mass is 19.1. The fourth-order valence-corrected chi connectivity index (χ4v) is 2.14. The maximum Gasteiger partial charge on any atom is 0.129 e. The first-order chi connectivity index (χ1) is 8.16. The van der Waals surface area contributed by atoms with Crippen LogP contribution in [-0.4, -0.2) is 17.8 Å². The summed E-state index contributed by atoms with van der Waals surface area (Å²) in [4.78, 5) is 0. The summed E-state index contributed by atoms with van der Waals surface area (Å²) in [5.41, 5.74) is 0.0131. The number of hydrogen-bond donors (Lipinski definition) is 1. The van der Waals surface area contributed by atoms with Crippen molar-refractivity contribution in [3.8, 4) is 0 Å². The first-order valence-corrected chi connectivity index (χ1v) is 5.91. The zero-order valence-corrected chi connectivity index (χ0v) is 9.53. The Balaban J connectivity index is 2.02. The number of benzene rings is 1. The van der Waals surface area contributed by atoms with Crippen LogP contribution < -0.4 is 0 Å². The summed E-state index contributed by atoms with van der Waals surface area (Å²) in [5, 5.41) is 9.89. The molecule has 0 spiro atoms. The van der Waals surface area contributed by atoms with Gasteiger partial charge in [0.05, 0.1) is 12.2 Å². The average Bonchev–Trinajstić information content (AvgIpc) is 2.33. The normalized spacial score (nSPS) is 22.4. The first kappa shape index (κ1) is 12.5. The summed E-state index contributed by atoms with van der Waals surface area (Å²) in [6, 6.07) is 3.13. The first-order valence-electron chi connectivity index (χ1n) is 5.91. The Labute approximate surface area is 99.2 Å². The minimum Gasteiger partial charge on any atom is -0.388 e. The van der Waals surface area contributed by atoms with Crippen molar-refractivity contribution in [2.24, 2.45) is 0 Å². The van der Waals surface area contributed by atoms with E-state index in [1.54, 1.807) is 0 Å². The molecule has 2 nitrogen and oxygen atoms in total. The highest BCUT2D eigenvalue weighted by molar-refractivity contribution is 5.21. The van der Waals surface area contributed by atoms with Gasteiger partial charge in [-0.3, -0.25) is 0 Å². The molecule has 1 N–H and O–H groups in total. The van der Waals surface area contributed by atoms with E-state index in [1.807, 2.05) is 0 Å². The zero-order chi connectivity index (χ0) is 12.3. The van der Waals surface area contributed by atoms with Gasteiger partial charge in [0.15, 0.2) is 0 Å². The summed E-state index contributed by atoms with van der Waals surface area (Å²) in [5.74, 6) is -1.11.